The smallest absolute Gasteiger partial charge is 0.0783 e. The van der Waals surface area contributed by atoms with E-state index in [0.717, 1.165) is 17.9 Å². The molecule has 0 atom stereocenters. The summed E-state index contributed by atoms with van der Waals surface area (Å²) in [7, 11) is 0. The van der Waals surface area contributed by atoms with Crippen molar-refractivity contribution in [1.29, 1.82) is 0 Å². The van der Waals surface area contributed by atoms with E-state index in [1.165, 1.54) is 11.1 Å². The number of nitrogens with zero attached hydrogens (tertiary/aromatic N) is 3. The molecule has 0 radical (unpaired) electrons. The Bertz CT molecular complexity index is 564. The van der Waals surface area contributed by atoms with Crippen molar-refractivity contribution in [2.24, 2.45) is 0 Å². The van der Waals surface area contributed by atoms with Gasteiger partial charge in [0.15, 0.2) is 0 Å². The van der Waals surface area contributed by atoms with Crippen LogP contribution >= 0.6 is 0 Å². The monoisotopic (exact) mass is 258 g/mol. The van der Waals surface area contributed by atoms with E-state index < -0.39 is 0 Å². The summed E-state index contributed by atoms with van der Waals surface area (Å²) >= 11 is 0. The summed E-state index contributed by atoms with van der Waals surface area (Å²) in [5.74, 6) is 0. The molecule has 0 aliphatic heterocycles. The number of aromatic nitrogens is 3. The second kappa shape index (κ2) is 5.13. The van der Waals surface area contributed by atoms with Crippen LogP contribution in [0.1, 0.15) is 37.6 Å². The lowest BCUT2D eigenvalue weighted by atomic mass is 10.1. The molecule has 0 aliphatic carbocycles. The van der Waals surface area contributed by atoms with Gasteiger partial charge in [-0.05, 0) is 46.2 Å². The number of hydrogen-bond donors (Lipinski definition) is 1. The van der Waals surface area contributed by atoms with E-state index in [4.69, 9.17) is 0 Å². The van der Waals surface area contributed by atoms with Gasteiger partial charge in [-0.1, -0.05) is 22.9 Å². The third kappa shape index (κ3) is 3.41. The summed E-state index contributed by atoms with van der Waals surface area (Å²) in [5, 5.41) is 11.7. The second-order valence-electron chi connectivity index (χ2n) is 6.03. The van der Waals surface area contributed by atoms with E-state index in [2.05, 4.69) is 68.4 Å². The highest BCUT2D eigenvalue weighted by atomic mass is 15.4. The van der Waals surface area contributed by atoms with Gasteiger partial charge in [0.25, 0.3) is 0 Å². The predicted octanol–water partition coefficient (Wildman–Crippen LogP) is 2.77. The maximum Gasteiger partial charge on any atom is 0.0783 e. The first-order valence-electron chi connectivity index (χ1n) is 6.59. The number of nitrogens with one attached hydrogen (secondary N) is 1. The SMILES string of the molecule is Cc1ccc(-n2nncc2CNC(C)(C)C)c(C)c1. The minimum absolute atomic E-state index is 0.0808. The van der Waals surface area contributed by atoms with E-state index in [9.17, 15) is 0 Å². The molecule has 1 aromatic carbocycles. The highest BCUT2D eigenvalue weighted by Gasteiger charge is 2.13. The van der Waals surface area contributed by atoms with E-state index in [1.54, 1.807) is 0 Å². The fraction of sp³-hybridized carbons (Fsp3) is 0.467. The molecule has 19 heavy (non-hydrogen) atoms. The van der Waals surface area contributed by atoms with Crippen LogP contribution in [0.3, 0.4) is 0 Å². The molecule has 1 N–H and O–H groups in total. The van der Waals surface area contributed by atoms with Crippen LogP contribution in [0.5, 0.6) is 0 Å². The molecule has 1 aromatic heterocycles. The topological polar surface area (TPSA) is 42.7 Å². The van der Waals surface area contributed by atoms with Crippen LogP contribution in [0.4, 0.5) is 0 Å². The van der Waals surface area contributed by atoms with Crippen molar-refractivity contribution in [2.45, 2.75) is 46.7 Å². The number of hydrogen-bond acceptors (Lipinski definition) is 3. The standard InChI is InChI=1S/C15H22N4/c1-11-6-7-14(12(2)8-11)19-13(10-17-18-19)9-16-15(3,4)5/h6-8,10,16H,9H2,1-5H3. The number of rotatable bonds is 3. The molecule has 0 saturated carbocycles. The lowest BCUT2D eigenvalue weighted by molar-refractivity contribution is 0.418. The van der Waals surface area contributed by atoms with Gasteiger partial charge in [0.1, 0.15) is 0 Å². The van der Waals surface area contributed by atoms with Crippen LogP contribution in [0.2, 0.25) is 0 Å². The van der Waals surface area contributed by atoms with Crippen molar-refractivity contribution in [3.05, 3.63) is 41.2 Å². The highest BCUT2D eigenvalue weighted by Crippen LogP contribution is 2.16. The van der Waals surface area contributed by atoms with Crippen molar-refractivity contribution in [3.63, 3.8) is 0 Å². The zero-order valence-electron chi connectivity index (χ0n) is 12.4. The van der Waals surface area contributed by atoms with Gasteiger partial charge in [-0.3, -0.25) is 0 Å². The molecule has 2 rings (SSSR count). The molecule has 2 aromatic rings. The van der Waals surface area contributed by atoms with Crippen LogP contribution in [0.15, 0.2) is 24.4 Å². The fourth-order valence-corrected chi connectivity index (χ4v) is 1.98. The van der Waals surface area contributed by atoms with Gasteiger partial charge in [0.2, 0.25) is 0 Å². The third-order valence-corrected chi connectivity index (χ3v) is 3.00. The summed E-state index contributed by atoms with van der Waals surface area (Å²) in [6, 6.07) is 6.36. The molecule has 1 heterocycles. The maximum atomic E-state index is 4.20. The first kappa shape index (κ1) is 13.7. The normalized spacial score (nSPS) is 11.8. The molecule has 0 bridgehead atoms. The van der Waals surface area contributed by atoms with Crippen molar-refractivity contribution in [1.82, 2.24) is 20.3 Å². The Balaban J connectivity index is 2.28. The maximum absolute atomic E-state index is 4.20. The van der Waals surface area contributed by atoms with Gasteiger partial charge in [0, 0.05) is 12.1 Å². The predicted molar refractivity (Wildman–Crippen MR) is 77.4 cm³/mol. The van der Waals surface area contributed by atoms with Crippen molar-refractivity contribution >= 4 is 0 Å². The second-order valence-corrected chi connectivity index (χ2v) is 6.03. The Kier molecular flexibility index (Phi) is 3.71. The fourth-order valence-electron chi connectivity index (χ4n) is 1.98. The lowest BCUT2D eigenvalue weighted by Crippen LogP contribution is -2.35. The molecule has 0 fully saturated rings. The first-order valence-corrected chi connectivity index (χ1v) is 6.59. The molecule has 4 heteroatoms. The van der Waals surface area contributed by atoms with E-state index in [-0.39, 0.29) is 5.54 Å². The van der Waals surface area contributed by atoms with E-state index in [1.807, 2.05) is 10.9 Å². The molecule has 102 valence electrons. The first-order chi connectivity index (χ1) is 8.87. The summed E-state index contributed by atoms with van der Waals surface area (Å²) in [4.78, 5) is 0. The third-order valence-electron chi connectivity index (χ3n) is 3.00. The molecule has 0 spiro atoms. The summed E-state index contributed by atoms with van der Waals surface area (Å²) < 4.78 is 1.91. The molecule has 0 saturated heterocycles. The van der Waals surface area contributed by atoms with Gasteiger partial charge in [0.05, 0.1) is 17.6 Å². The van der Waals surface area contributed by atoms with Crippen molar-refractivity contribution in [2.75, 3.05) is 0 Å². The van der Waals surface area contributed by atoms with Gasteiger partial charge in [-0.25, -0.2) is 4.68 Å². The van der Waals surface area contributed by atoms with Crippen LogP contribution in [-0.4, -0.2) is 20.5 Å². The van der Waals surface area contributed by atoms with Crippen LogP contribution < -0.4 is 5.32 Å². The highest BCUT2D eigenvalue weighted by molar-refractivity contribution is 5.42. The quantitative estimate of drug-likeness (QED) is 0.920. The average Bonchev–Trinajstić information content (AvgIpc) is 2.73. The summed E-state index contributed by atoms with van der Waals surface area (Å²) in [6.45, 7) is 11.4. The van der Waals surface area contributed by atoms with Crippen molar-refractivity contribution in [3.8, 4) is 5.69 Å². The minimum atomic E-state index is 0.0808. The Morgan fingerprint density at radius 1 is 1.21 bits per heavy atom. The Labute approximate surface area is 114 Å². The van der Waals surface area contributed by atoms with E-state index in [0.29, 0.717) is 0 Å². The molecule has 4 nitrogen and oxygen atoms in total. The summed E-state index contributed by atoms with van der Waals surface area (Å²) in [6.07, 6.45) is 1.82. The lowest BCUT2D eigenvalue weighted by Gasteiger charge is -2.20. The zero-order valence-corrected chi connectivity index (χ0v) is 12.4. The van der Waals surface area contributed by atoms with Crippen LogP contribution in [0, 0.1) is 13.8 Å². The largest absolute Gasteiger partial charge is 0.306 e. The Morgan fingerprint density at radius 2 is 1.95 bits per heavy atom. The van der Waals surface area contributed by atoms with Gasteiger partial charge in [-0.2, -0.15) is 0 Å². The van der Waals surface area contributed by atoms with Crippen molar-refractivity contribution < 1.29 is 0 Å². The Hall–Kier alpha value is -1.68. The van der Waals surface area contributed by atoms with E-state index >= 15 is 0 Å². The zero-order chi connectivity index (χ0) is 14.0. The van der Waals surface area contributed by atoms with Crippen LogP contribution in [-0.2, 0) is 6.54 Å². The molecule has 0 aliphatic rings. The summed E-state index contributed by atoms with van der Waals surface area (Å²) in [5.41, 5.74) is 4.71. The molecule has 0 unspecified atom stereocenters. The molecule has 0 amide bonds. The number of benzene rings is 1. The van der Waals surface area contributed by atoms with Crippen LogP contribution in [0.25, 0.3) is 5.69 Å². The number of aryl methyl sites for hydroxylation is 2. The van der Waals surface area contributed by atoms with Gasteiger partial charge < -0.3 is 5.32 Å². The molecular weight excluding hydrogens is 236 g/mol. The average molecular weight is 258 g/mol. The Morgan fingerprint density at radius 3 is 2.58 bits per heavy atom. The molecular formula is C15H22N4. The minimum Gasteiger partial charge on any atom is -0.306 e. The van der Waals surface area contributed by atoms with Gasteiger partial charge >= 0.3 is 0 Å². The van der Waals surface area contributed by atoms with Gasteiger partial charge in [-0.15, -0.1) is 5.10 Å².